The van der Waals surface area contributed by atoms with Crippen molar-refractivity contribution >= 4 is 5.97 Å². The Bertz CT molecular complexity index is 465. The van der Waals surface area contributed by atoms with Gasteiger partial charge in [-0.3, -0.25) is 0 Å². The maximum atomic E-state index is 12.2. The number of aliphatic hydroxyl groups excluding tert-OH is 1. The molecule has 5 fully saturated rings. The standard InChI is InChI=1S/C20H32O5/c1-13(21)9-20-10-14-6-15(11-20)8-16(7-14)19(20)24-12-17(22)25-18-4-2-3-5-23-18/h13-16,18-19,21H,2-12H2,1H3. The first kappa shape index (κ1) is 17.7. The molecule has 5 nitrogen and oxygen atoms in total. The summed E-state index contributed by atoms with van der Waals surface area (Å²) < 4.78 is 17.1. The third-order valence-electron chi connectivity index (χ3n) is 6.84. The third-order valence-corrected chi connectivity index (χ3v) is 6.84. The molecule has 5 heteroatoms. The summed E-state index contributed by atoms with van der Waals surface area (Å²) in [5.74, 6) is 1.81. The second-order valence-corrected chi connectivity index (χ2v) is 9.04. The molecule has 1 N–H and O–H groups in total. The fraction of sp³-hybridized carbons (Fsp3) is 0.950. The van der Waals surface area contributed by atoms with Crippen molar-refractivity contribution in [2.75, 3.05) is 13.2 Å². The molecule has 0 radical (unpaired) electrons. The zero-order valence-electron chi connectivity index (χ0n) is 15.3. The molecule has 5 unspecified atom stereocenters. The lowest BCUT2D eigenvalue weighted by atomic mass is 9.47. The van der Waals surface area contributed by atoms with E-state index in [2.05, 4.69) is 0 Å². The Kier molecular flexibility index (Phi) is 5.09. The molecule has 4 aliphatic carbocycles. The van der Waals surface area contributed by atoms with Gasteiger partial charge >= 0.3 is 5.97 Å². The van der Waals surface area contributed by atoms with Crippen LogP contribution in [0.1, 0.15) is 64.7 Å². The predicted octanol–water partition coefficient (Wildman–Crippen LogP) is 3.04. The Balaban J connectivity index is 1.37. The van der Waals surface area contributed by atoms with Crippen LogP contribution in [0, 0.1) is 23.2 Å². The lowest BCUT2D eigenvalue weighted by molar-refractivity contribution is -0.212. The average Bonchev–Trinajstić information content (AvgIpc) is 2.53. The number of esters is 1. The van der Waals surface area contributed by atoms with Crippen molar-refractivity contribution in [3.05, 3.63) is 0 Å². The van der Waals surface area contributed by atoms with Gasteiger partial charge in [0.15, 0.2) is 0 Å². The van der Waals surface area contributed by atoms with Crippen LogP contribution in [-0.4, -0.2) is 42.8 Å². The van der Waals surface area contributed by atoms with Gasteiger partial charge in [-0.25, -0.2) is 4.79 Å². The first-order chi connectivity index (χ1) is 12.0. The molecule has 0 aromatic carbocycles. The van der Waals surface area contributed by atoms with Crippen LogP contribution in [-0.2, 0) is 19.0 Å². The van der Waals surface area contributed by atoms with Crippen LogP contribution in [0.25, 0.3) is 0 Å². The van der Waals surface area contributed by atoms with E-state index in [1.807, 2.05) is 6.92 Å². The Hall–Kier alpha value is -0.650. The molecule has 4 bridgehead atoms. The predicted molar refractivity (Wildman–Crippen MR) is 91.7 cm³/mol. The van der Waals surface area contributed by atoms with Crippen molar-refractivity contribution in [1.82, 2.24) is 0 Å². The molecular formula is C20H32O5. The number of hydrogen-bond donors (Lipinski definition) is 1. The van der Waals surface area contributed by atoms with Crippen molar-refractivity contribution < 1.29 is 24.1 Å². The molecule has 5 rings (SSSR count). The highest BCUT2D eigenvalue weighted by molar-refractivity contribution is 5.70. The second kappa shape index (κ2) is 7.16. The van der Waals surface area contributed by atoms with Crippen LogP contribution in [0.3, 0.4) is 0 Å². The fourth-order valence-corrected chi connectivity index (χ4v) is 6.49. The number of ether oxygens (including phenoxy) is 3. The first-order valence-electron chi connectivity index (χ1n) is 10.1. The summed E-state index contributed by atoms with van der Waals surface area (Å²) in [7, 11) is 0. The van der Waals surface area contributed by atoms with Crippen LogP contribution >= 0.6 is 0 Å². The highest BCUT2D eigenvalue weighted by atomic mass is 16.7. The zero-order chi connectivity index (χ0) is 17.4. The first-order valence-corrected chi connectivity index (χ1v) is 10.1. The number of carbonyl (C=O) groups excluding carboxylic acids is 1. The van der Waals surface area contributed by atoms with Gasteiger partial charge in [-0.1, -0.05) is 0 Å². The van der Waals surface area contributed by atoms with Gasteiger partial charge in [0.05, 0.1) is 18.8 Å². The largest absolute Gasteiger partial charge is 0.434 e. The summed E-state index contributed by atoms with van der Waals surface area (Å²) in [5.41, 5.74) is 0.0601. The lowest BCUT2D eigenvalue weighted by Crippen LogP contribution is -2.58. The maximum Gasteiger partial charge on any atom is 0.334 e. The molecule has 0 aromatic heterocycles. The van der Waals surface area contributed by atoms with Gasteiger partial charge in [-0.05, 0) is 81.5 Å². The quantitative estimate of drug-likeness (QED) is 0.745. The zero-order valence-corrected chi connectivity index (χ0v) is 15.3. The van der Waals surface area contributed by atoms with Crippen LogP contribution in [0.4, 0.5) is 0 Å². The van der Waals surface area contributed by atoms with E-state index in [9.17, 15) is 9.90 Å². The van der Waals surface area contributed by atoms with E-state index in [-0.39, 0.29) is 30.2 Å². The maximum absolute atomic E-state index is 12.2. The fourth-order valence-electron chi connectivity index (χ4n) is 6.49. The average molecular weight is 352 g/mol. The van der Waals surface area contributed by atoms with Crippen molar-refractivity contribution in [1.29, 1.82) is 0 Å². The van der Waals surface area contributed by atoms with Gasteiger partial charge in [0, 0.05) is 6.42 Å². The molecular weight excluding hydrogens is 320 g/mol. The summed E-state index contributed by atoms with van der Waals surface area (Å²) in [6, 6.07) is 0. The molecule has 0 aromatic rings. The lowest BCUT2D eigenvalue weighted by Gasteiger charge is -2.61. The van der Waals surface area contributed by atoms with Gasteiger partial charge in [0.1, 0.15) is 6.61 Å². The Morgan fingerprint density at radius 1 is 1.24 bits per heavy atom. The molecule has 1 aliphatic heterocycles. The highest BCUT2D eigenvalue weighted by Crippen LogP contribution is 2.62. The molecule has 5 aliphatic rings. The molecule has 25 heavy (non-hydrogen) atoms. The Morgan fingerprint density at radius 3 is 2.64 bits per heavy atom. The summed E-state index contributed by atoms with van der Waals surface area (Å²) in [5, 5.41) is 10.1. The van der Waals surface area contributed by atoms with Gasteiger partial charge in [-0.15, -0.1) is 0 Å². The minimum Gasteiger partial charge on any atom is -0.434 e. The van der Waals surface area contributed by atoms with Crippen molar-refractivity contribution in [3.63, 3.8) is 0 Å². The van der Waals surface area contributed by atoms with Gasteiger partial charge in [0.25, 0.3) is 0 Å². The van der Waals surface area contributed by atoms with E-state index in [1.165, 1.54) is 19.3 Å². The van der Waals surface area contributed by atoms with Crippen molar-refractivity contribution in [3.8, 4) is 0 Å². The highest BCUT2D eigenvalue weighted by Gasteiger charge is 2.57. The van der Waals surface area contributed by atoms with Gasteiger partial charge < -0.3 is 19.3 Å². The van der Waals surface area contributed by atoms with Crippen LogP contribution in [0.2, 0.25) is 0 Å². The van der Waals surface area contributed by atoms with E-state index in [4.69, 9.17) is 14.2 Å². The summed E-state index contributed by atoms with van der Waals surface area (Å²) in [6.45, 7) is 2.56. The van der Waals surface area contributed by atoms with E-state index in [1.54, 1.807) is 0 Å². The van der Waals surface area contributed by atoms with Crippen LogP contribution < -0.4 is 0 Å². The monoisotopic (exact) mass is 352 g/mol. The molecule has 4 saturated carbocycles. The molecule has 1 saturated heterocycles. The molecule has 1 heterocycles. The van der Waals surface area contributed by atoms with E-state index in [0.717, 1.165) is 50.4 Å². The van der Waals surface area contributed by atoms with Crippen molar-refractivity contribution in [2.45, 2.75) is 83.2 Å². The van der Waals surface area contributed by atoms with E-state index in [0.29, 0.717) is 12.5 Å². The minimum absolute atomic E-state index is 0.0118. The smallest absolute Gasteiger partial charge is 0.334 e. The molecule has 0 spiro atoms. The molecule has 0 amide bonds. The summed E-state index contributed by atoms with van der Waals surface area (Å²) in [6.07, 6.45) is 9.15. The number of aliphatic hydroxyl groups is 1. The van der Waals surface area contributed by atoms with Crippen LogP contribution in [0.5, 0.6) is 0 Å². The topological polar surface area (TPSA) is 65.0 Å². The number of carbonyl (C=O) groups is 1. The molecule has 5 atom stereocenters. The van der Waals surface area contributed by atoms with E-state index < -0.39 is 6.29 Å². The van der Waals surface area contributed by atoms with Gasteiger partial charge in [-0.2, -0.15) is 0 Å². The number of hydrogen-bond acceptors (Lipinski definition) is 5. The Morgan fingerprint density at radius 2 is 2.00 bits per heavy atom. The third kappa shape index (κ3) is 3.74. The second-order valence-electron chi connectivity index (χ2n) is 9.04. The van der Waals surface area contributed by atoms with Gasteiger partial charge in [0.2, 0.25) is 6.29 Å². The number of rotatable bonds is 6. The summed E-state index contributed by atoms with van der Waals surface area (Å²) in [4.78, 5) is 12.2. The van der Waals surface area contributed by atoms with E-state index >= 15 is 0 Å². The molecule has 142 valence electrons. The minimum atomic E-state index is -0.394. The van der Waals surface area contributed by atoms with Crippen LogP contribution in [0.15, 0.2) is 0 Å². The normalized spacial score (nSPS) is 43.8. The van der Waals surface area contributed by atoms with Crippen molar-refractivity contribution in [2.24, 2.45) is 23.2 Å². The SMILES string of the molecule is CC(O)CC12CC3CC(CC(C3)C1OCC(=O)OC1CCCCO1)C2. The Labute approximate surface area is 150 Å². The summed E-state index contributed by atoms with van der Waals surface area (Å²) >= 11 is 0.